The Labute approximate surface area is 120 Å². The molecule has 0 fully saturated rings. The molecule has 1 aromatic heterocycles. The van der Waals surface area contributed by atoms with Crippen LogP contribution in [0.1, 0.15) is 21.9 Å². The lowest BCUT2D eigenvalue weighted by Crippen LogP contribution is -2.17. The van der Waals surface area contributed by atoms with E-state index in [2.05, 4.69) is 10.5 Å². The zero-order valence-electron chi connectivity index (χ0n) is 9.98. The molecule has 2 rings (SSSR count). The largest absolute Gasteiger partial charge is 0.460 e. The summed E-state index contributed by atoms with van der Waals surface area (Å²) >= 11 is 11.7. The van der Waals surface area contributed by atoms with Gasteiger partial charge >= 0.3 is 0 Å². The van der Waals surface area contributed by atoms with Crippen molar-refractivity contribution in [3.63, 3.8) is 0 Å². The van der Waals surface area contributed by atoms with Crippen molar-refractivity contribution in [2.45, 2.75) is 6.92 Å². The maximum atomic E-state index is 11.8. The second kappa shape index (κ2) is 5.91. The van der Waals surface area contributed by atoms with E-state index >= 15 is 0 Å². The molecule has 0 radical (unpaired) electrons. The van der Waals surface area contributed by atoms with Crippen molar-refractivity contribution in [2.24, 2.45) is 5.10 Å². The third kappa shape index (κ3) is 3.59. The van der Waals surface area contributed by atoms with Gasteiger partial charge in [-0.05, 0) is 37.3 Å². The third-order valence-corrected chi connectivity index (χ3v) is 2.84. The number of carbonyl (C=O) groups is 1. The minimum absolute atomic E-state index is 0.272. The molecule has 0 saturated heterocycles. The summed E-state index contributed by atoms with van der Waals surface area (Å²) < 4.78 is 5.27. The van der Waals surface area contributed by atoms with Crippen molar-refractivity contribution in [1.82, 2.24) is 5.43 Å². The molecule has 6 heteroatoms. The van der Waals surface area contributed by atoms with E-state index in [9.17, 15) is 4.79 Å². The summed E-state index contributed by atoms with van der Waals surface area (Å²) in [5.74, 6) is 0.912. The number of furan rings is 1. The summed E-state index contributed by atoms with van der Waals surface area (Å²) in [5, 5.41) is 4.53. The van der Waals surface area contributed by atoms with Crippen LogP contribution in [0, 0.1) is 6.92 Å². The van der Waals surface area contributed by atoms with Crippen LogP contribution in [0.2, 0.25) is 10.0 Å². The lowest BCUT2D eigenvalue weighted by atomic mass is 10.2. The molecular weight excluding hydrogens is 287 g/mol. The third-order valence-electron chi connectivity index (χ3n) is 2.29. The molecule has 0 bridgehead atoms. The van der Waals surface area contributed by atoms with Crippen molar-refractivity contribution < 1.29 is 9.21 Å². The van der Waals surface area contributed by atoms with E-state index in [1.807, 2.05) is 6.92 Å². The number of amides is 1. The number of hydrazone groups is 1. The molecule has 4 nitrogen and oxygen atoms in total. The standard InChI is InChI=1S/C13H10Cl2N2O2/c1-8-2-4-10(19-8)7-16-17-13(18)11-5-3-9(14)6-12(11)15/h2-7H,1H3,(H,17,18)/b16-7-. The fourth-order valence-corrected chi connectivity index (χ4v) is 1.91. The van der Waals surface area contributed by atoms with Crippen LogP contribution >= 0.6 is 23.2 Å². The molecule has 1 heterocycles. The van der Waals surface area contributed by atoms with Gasteiger partial charge in [0.25, 0.3) is 5.91 Å². The minimum Gasteiger partial charge on any atom is -0.460 e. The molecule has 0 aliphatic rings. The van der Waals surface area contributed by atoms with Crippen LogP contribution in [-0.2, 0) is 0 Å². The summed E-state index contributed by atoms with van der Waals surface area (Å²) in [7, 11) is 0. The Kier molecular flexibility index (Phi) is 4.24. The number of rotatable bonds is 3. The van der Waals surface area contributed by atoms with Crippen molar-refractivity contribution in [2.75, 3.05) is 0 Å². The lowest BCUT2D eigenvalue weighted by molar-refractivity contribution is 0.0955. The van der Waals surface area contributed by atoms with E-state index < -0.39 is 5.91 Å². The molecule has 0 atom stereocenters. The number of nitrogens with zero attached hydrogens (tertiary/aromatic N) is 1. The summed E-state index contributed by atoms with van der Waals surface area (Å²) in [4.78, 5) is 11.8. The summed E-state index contributed by atoms with van der Waals surface area (Å²) in [6.07, 6.45) is 1.41. The first kappa shape index (κ1) is 13.6. The van der Waals surface area contributed by atoms with Gasteiger partial charge in [-0.25, -0.2) is 5.43 Å². The topological polar surface area (TPSA) is 54.6 Å². The highest BCUT2D eigenvalue weighted by molar-refractivity contribution is 6.36. The van der Waals surface area contributed by atoms with Gasteiger partial charge in [0, 0.05) is 5.02 Å². The SMILES string of the molecule is Cc1ccc(/C=N\NC(=O)c2ccc(Cl)cc2Cl)o1. The predicted octanol–water partition coefficient (Wildman–Crippen LogP) is 3.66. The van der Waals surface area contributed by atoms with Crippen molar-refractivity contribution >= 4 is 35.3 Å². The van der Waals surface area contributed by atoms with E-state index in [1.165, 1.54) is 18.3 Å². The van der Waals surface area contributed by atoms with Gasteiger partial charge in [-0.1, -0.05) is 23.2 Å². The Hall–Kier alpha value is -1.78. The van der Waals surface area contributed by atoms with Crippen LogP contribution < -0.4 is 5.43 Å². The molecule has 1 amide bonds. The Bertz CT molecular complexity index is 635. The Morgan fingerprint density at radius 2 is 2.11 bits per heavy atom. The smallest absolute Gasteiger partial charge is 0.272 e. The highest BCUT2D eigenvalue weighted by Crippen LogP contribution is 2.20. The van der Waals surface area contributed by atoms with Gasteiger partial charge in [0.2, 0.25) is 0 Å². The fourth-order valence-electron chi connectivity index (χ4n) is 1.41. The van der Waals surface area contributed by atoms with Gasteiger partial charge in [0.05, 0.1) is 16.8 Å². The van der Waals surface area contributed by atoms with Crippen LogP contribution in [0.15, 0.2) is 39.9 Å². The van der Waals surface area contributed by atoms with Crippen LogP contribution in [0.3, 0.4) is 0 Å². The molecular formula is C13H10Cl2N2O2. The lowest BCUT2D eigenvalue weighted by Gasteiger charge is -2.02. The van der Waals surface area contributed by atoms with E-state index in [1.54, 1.807) is 18.2 Å². The summed E-state index contributed by atoms with van der Waals surface area (Å²) in [6.45, 7) is 1.82. The average Bonchev–Trinajstić information content (AvgIpc) is 2.75. The molecule has 0 spiro atoms. The van der Waals surface area contributed by atoms with E-state index in [-0.39, 0.29) is 5.02 Å². The predicted molar refractivity (Wildman–Crippen MR) is 75.0 cm³/mol. The van der Waals surface area contributed by atoms with Crippen LogP contribution in [0.5, 0.6) is 0 Å². The number of hydrogen-bond acceptors (Lipinski definition) is 3. The maximum absolute atomic E-state index is 11.8. The normalized spacial score (nSPS) is 10.9. The van der Waals surface area contributed by atoms with Gasteiger partial charge in [-0.2, -0.15) is 5.10 Å². The van der Waals surface area contributed by atoms with Crippen molar-refractivity contribution in [3.8, 4) is 0 Å². The molecule has 0 aliphatic carbocycles. The second-order valence-corrected chi connectivity index (χ2v) is 4.62. The first-order valence-corrected chi connectivity index (χ1v) is 6.17. The fraction of sp³-hybridized carbons (Fsp3) is 0.0769. The molecule has 0 saturated carbocycles. The highest BCUT2D eigenvalue weighted by atomic mass is 35.5. The first-order valence-electron chi connectivity index (χ1n) is 5.41. The van der Waals surface area contributed by atoms with Gasteiger partial charge in [-0.3, -0.25) is 4.79 Å². The van der Waals surface area contributed by atoms with Crippen LogP contribution in [-0.4, -0.2) is 12.1 Å². The molecule has 1 N–H and O–H groups in total. The number of aryl methyl sites for hydroxylation is 1. The number of halogens is 2. The quantitative estimate of drug-likeness (QED) is 0.694. The maximum Gasteiger partial charge on any atom is 0.272 e. The number of nitrogens with one attached hydrogen (secondary N) is 1. The van der Waals surface area contributed by atoms with Gasteiger partial charge < -0.3 is 4.42 Å². The Morgan fingerprint density at radius 1 is 1.32 bits per heavy atom. The van der Waals surface area contributed by atoms with Crippen LogP contribution in [0.4, 0.5) is 0 Å². The highest BCUT2D eigenvalue weighted by Gasteiger charge is 2.09. The number of hydrogen-bond donors (Lipinski definition) is 1. The van der Waals surface area contributed by atoms with E-state index in [0.717, 1.165) is 5.76 Å². The van der Waals surface area contributed by atoms with Gasteiger partial charge in [0.1, 0.15) is 11.5 Å². The number of carbonyl (C=O) groups excluding carboxylic acids is 1. The molecule has 1 aromatic carbocycles. The average molecular weight is 297 g/mol. The molecule has 0 aliphatic heterocycles. The minimum atomic E-state index is -0.416. The molecule has 19 heavy (non-hydrogen) atoms. The van der Waals surface area contributed by atoms with E-state index in [0.29, 0.717) is 16.3 Å². The number of benzene rings is 1. The zero-order valence-corrected chi connectivity index (χ0v) is 11.5. The summed E-state index contributed by atoms with van der Waals surface area (Å²) in [6, 6.07) is 8.17. The Balaban J connectivity index is 2.03. The zero-order chi connectivity index (χ0) is 13.8. The Morgan fingerprint density at radius 3 is 2.74 bits per heavy atom. The van der Waals surface area contributed by atoms with Crippen molar-refractivity contribution in [3.05, 3.63) is 57.5 Å². The molecule has 0 unspecified atom stereocenters. The monoisotopic (exact) mass is 296 g/mol. The van der Waals surface area contributed by atoms with Crippen LogP contribution in [0.25, 0.3) is 0 Å². The molecule has 2 aromatic rings. The van der Waals surface area contributed by atoms with Gasteiger partial charge in [0.15, 0.2) is 0 Å². The first-order chi connectivity index (χ1) is 9.06. The van der Waals surface area contributed by atoms with Crippen molar-refractivity contribution in [1.29, 1.82) is 0 Å². The summed E-state index contributed by atoms with van der Waals surface area (Å²) in [5.41, 5.74) is 2.66. The van der Waals surface area contributed by atoms with E-state index in [4.69, 9.17) is 27.6 Å². The molecule has 98 valence electrons. The van der Waals surface area contributed by atoms with Gasteiger partial charge in [-0.15, -0.1) is 0 Å². The second-order valence-electron chi connectivity index (χ2n) is 3.77.